The summed E-state index contributed by atoms with van der Waals surface area (Å²) in [6, 6.07) is 16.5. The van der Waals surface area contributed by atoms with Gasteiger partial charge in [0.1, 0.15) is 10.1 Å². The van der Waals surface area contributed by atoms with Crippen LogP contribution in [-0.4, -0.2) is 52.9 Å². The number of nitrogens with zero attached hydrogens (tertiary/aromatic N) is 3. The molecule has 2 saturated heterocycles. The second kappa shape index (κ2) is 8.43. The van der Waals surface area contributed by atoms with Gasteiger partial charge in [0.25, 0.3) is 5.91 Å². The number of halogens is 1. The van der Waals surface area contributed by atoms with Crippen molar-refractivity contribution in [2.75, 3.05) is 37.7 Å². The molecular weight excluding hydrogens is 393 g/mol. The molecule has 2 aromatic carbocycles. The van der Waals surface area contributed by atoms with Crippen LogP contribution in [0.2, 0.25) is 0 Å². The lowest BCUT2D eigenvalue weighted by Crippen LogP contribution is -2.50. The molecule has 0 N–H and O–H groups in total. The van der Waals surface area contributed by atoms with E-state index in [0.29, 0.717) is 15.9 Å². The van der Waals surface area contributed by atoms with Crippen LogP contribution >= 0.6 is 24.0 Å². The number of thioether (sulfide) groups is 1. The van der Waals surface area contributed by atoms with Gasteiger partial charge in [-0.3, -0.25) is 14.6 Å². The Morgan fingerprint density at radius 3 is 2.36 bits per heavy atom. The molecule has 0 atom stereocenters. The summed E-state index contributed by atoms with van der Waals surface area (Å²) < 4.78 is 13.6. The molecule has 28 heavy (non-hydrogen) atoms. The summed E-state index contributed by atoms with van der Waals surface area (Å²) in [7, 11) is 0. The van der Waals surface area contributed by atoms with E-state index < -0.39 is 0 Å². The molecule has 2 aliphatic heterocycles. The van der Waals surface area contributed by atoms with Crippen LogP contribution in [0, 0.1) is 5.82 Å². The fourth-order valence-corrected chi connectivity index (χ4v) is 4.56. The first-order valence-corrected chi connectivity index (χ1v) is 10.4. The van der Waals surface area contributed by atoms with Gasteiger partial charge in [-0.25, -0.2) is 4.39 Å². The van der Waals surface area contributed by atoms with Crippen LogP contribution in [-0.2, 0) is 4.79 Å². The zero-order chi connectivity index (χ0) is 19.5. The van der Waals surface area contributed by atoms with Crippen molar-refractivity contribution in [2.24, 2.45) is 0 Å². The van der Waals surface area contributed by atoms with Gasteiger partial charge in [-0.15, -0.1) is 0 Å². The summed E-state index contributed by atoms with van der Waals surface area (Å²) in [4.78, 5) is 19.6. The highest BCUT2D eigenvalue weighted by molar-refractivity contribution is 8.26. The minimum atomic E-state index is -0.292. The van der Waals surface area contributed by atoms with Gasteiger partial charge in [0.2, 0.25) is 0 Å². The minimum absolute atomic E-state index is 0.0789. The van der Waals surface area contributed by atoms with Gasteiger partial charge in [0.15, 0.2) is 0 Å². The molecule has 0 aliphatic carbocycles. The number of hydrogen-bond acceptors (Lipinski definition) is 5. The standard InChI is InChI=1S/C21H20FN3OS2/c22-17-8-6-16(7-9-17)14-19-20(26)25(21(27)28-19)15-23-10-12-24(13-11-23)18-4-2-1-3-5-18/h1-9,14H,10-13,15H2/b19-14+. The predicted octanol–water partition coefficient (Wildman–Crippen LogP) is 3.81. The van der Waals surface area contributed by atoms with E-state index in [0.717, 1.165) is 31.7 Å². The minimum Gasteiger partial charge on any atom is -0.369 e. The maximum absolute atomic E-state index is 13.1. The molecule has 4 rings (SSSR count). The number of amides is 1. The smallest absolute Gasteiger partial charge is 0.267 e. The molecular formula is C21H20FN3OS2. The highest BCUT2D eigenvalue weighted by Gasteiger charge is 2.33. The van der Waals surface area contributed by atoms with Crippen LogP contribution in [0.5, 0.6) is 0 Å². The van der Waals surface area contributed by atoms with E-state index >= 15 is 0 Å². The van der Waals surface area contributed by atoms with Crippen molar-refractivity contribution < 1.29 is 9.18 Å². The number of para-hydroxylation sites is 1. The van der Waals surface area contributed by atoms with E-state index in [4.69, 9.17) is 12.2 Å². The van der Waals surface area contributed by atoms with Crippen molar-refractivity contribution in [3.63, 3.8) is 0 Å². The SMILES string of the molecule is O=C1/C(=C\c2ccc(F)cc2)SC(=S)N1CN1CCN(c2ccccc2)CC1. The van der Waals surface area contributed by atoms with Gasteiger partial charge in [0, 0.05) is 31.9 Å². The van der Waals surface area contributed by atoms with Crippen molar-refractivity contribution in [1.29, 1.82) is 0 Å². The van der Waals surface area contributed by atoms with Crippen molar-refractivity contribution in [3.05, 3.63) is 70.9 Å². The first-order valence-electron chi connectivity index (χ1n) is 9.13. The maximum Gasteiger partial charge on any atom is 0.267 e. The first-order chi connectivity index (χ1) is 13.6. The lowest BCUT2D eigenvalue weighted by Gasteiger charge is -2.37. The molecule has 0 bridgehead atoms. The fourth-order valence-electron chi connectivity index (χ4n) is 3.32. The second-order valence-electron chi connectivity index (χ2n) is 6.74. The van der Waals surface area contributed by atoms with Gasteiger partial charge in [-0.05, 0) is 35.9 Å². The van der Waals surface area contributed by atoms with Gasteiger partial charge < -0.3 is 4.90 Å². The molecule has 1 amide bonds. The molecule has 2 aromatic rings. The zero-order valence-corrected chi connectivity index (χ0v) is 16.9. The van der Waals surface area contributed by atoms with Crippen LogP contribution in [0.4, 0.5) is 10.1 Å². The summed E-state index contributed by atoms with van der Waals surface area (Å²) in [5.41, 5.74) is 2.02. The molecule has 144 valence electrons. The Morgan fingerprint density at radius 1 is 1.00 bits per heavy atom. The van der Waals surface area contributed by atoms with Crippen LogP contribution in [0.25, 0.3) is 6.08 Å². The lowest BCUT2D eigenvalue weighted by atomic mass is 10.2. The Labute approximate surface area is 173 Å². The largest absolute Gasteiger partial charge is 0.369 e. The molecule has 2 aliphatic rings. The molecule has 4 nitrogen and oxygen atoms in total. The maximum atomic E-state index is 13.1. The lowest BCUT2D eigenvalue weighted by molar-refractivity contribution is -0.123. The molecule has 0 radical (unpaired) electrons. The zero-order valence-electron chi connectivity index (χ0n) is 15.3. The van der Waals surface area contributed by atoms with Gasteiger partial charge >= 0.3 is 0 Å². The van der Waals surface area contributed by atoms with E-state index in [9.17, 15) is 9.18 Å². The number of hydrogen-bond donors (Lipinski definition) is 0. The third-order valence-electron chi connectivity index (χ3n) is 4.88. The molecule has 7 heteroatoms. The number of carbonyl (C=O) groups is 1. The quantitative estimate of drug-likeness (QED) is 0.561. The van der Waals surface area contributed by atoms with Crippen LogP contribution in [0.1, 0.15) is 5.56 Å². The first kappa shape index (κ1) is 19.1. The Bertz CT molecular complexity index is 894. The molecule has 2 fully saturated rings. The van der Waals surface area contributed by atoms with Crippen molar-refractivity contribution >= 4 is 46.0 Å². The molecule has 0 unspecified atom stereocenters. The van der Waals surface area contributed by atoms with Crippen LogP contribution in [0.15, 0.2) is 59.5 Å². The van der Waals surface area contributed by atoms with Crippen LogP contribution < -0.4 is 4.90 Å². The molecule has 0 saturated carbocycles. The fraction of sp³-hybridized carbons (Fsp3) is 0.238. The Balaban J connectivity index is 1.37. The number of thiocarbonyl (C=S) groups is 1. The summed E-state index contributed by atoms with van der Waals surface area (Å²) in [6.45, 7) is 4.11. The summed E-state index contributed by atoms with van der Waals surface area (Å²) in [5, 5.41) is 0. The topological polar surface area (TPSA) is 26.8 Å². The van der Waals surface area contributed by atoms with E-state index in [2.05, 4.69) is 34.1 Å². The number of anilines is 1. The van der Waals surface area contributed by atoms with Gasteiger partial charge in [0.05, 0.1) is 11.6 Å². The van der Waals surface area contributed by atoms with E-state index in [1.807, 2.05) is 6.07 Å². The normalized spacial score (nSPS) is 19.7. The van der Waals surface area contributed by atoms with E-state index in [-0.39, 0.29) is 11.7 Å². The van der Waals surface area contributed by atoms with Gasteiger partial charge in [-0.1, -0.05) is 54.3 Å². The number of carbonyl (C=O) groups excluding carboxylic acids is 1. The summed E-state index contributed by atoms with van der Waals surface area (Å²) in [5.74, 6) is -0.371. The highest BCUT2D eigenvalue weighted by atomic mass is 32.2. The Kier molecular flexibility index (Phi) is 5.75. The van der Waals surface area contributed by atoms with Crippen LogP contribution in [0.3, 0.4) is 0 Å². The van der Waals surface area contributed by atoms with Crippen molar-refractivity contribution in [1.82, 2.24) is 9.80 Å². The van der Waals surface area contributed by atoms with E-state index in [1.165, 1.54) is 29.6 Å². The van der Waals surface area contributed by atoms with E-state index in [1.54, 1.807) is 23.1 Å². The molecule has 0 aromatic heterocycles. The summed E-state index contributed by atoms with van der Waals surface area (Å²) in [6.07, 6.45) is 1.77. The number of piperazine rings is 1. The highest BCUT2D eigenvalue weighted by Crippen LogP contribution is 2.32. The molecule has 2 heterocycles. The Morgan fingerprint density at radius 2 is 1.68 bits per heavy atom. The average molecular weight is 414 g/mol. The number of rotatable bonds is 4. The van der Waals surface area contributed by atoms with Gasteiger partial charge in [-0.2, -0.15) is 0 Å². The molecule has 0 spiro atoms. The second-order valence-corrected chi connectivity index (χ2v) is 8.42. The van der Waals surface area contributed by atoms with Crippen molar-refractivity contribution in [2.45, 2.75) is 0 Å². The Hall–Kier alpha value is -2.22. The summed E-state index contributed by atoms with van der Waals surface area (Å²) >= 11 is 6.73. The average Bonchev–Trinajstić information content (AvgIpc) is 2.98. The van der Waals surface area contributed by atoms with Crippen molar-refractivity contribution in [3.8, 4) is 0 Å². The monoisotopic (exact) mass is 413 g/mol. The third-order valence-corrected chi connectivity index (χ3v) is 6.25. The number of benzene rings is 2. The predicted molar refractivity (Wildman–Crippen MR) is 117 cm³/mol. The third kappa shape index (κ3) is 4.27.